The van der Waals surface area contributed by atoms with Gasteiger partial charge in [-0.1, -0.05) is 30.3 Å². The lowest BCUT2D eigenvalue weighted by atomic mass is 9.94. The first kappa shape index (κ1) is 16.1. The van der Waals surface area contributed by atoms with Gasteiger partial charge in [0.2, 0.25) is 0 Å². The lowest BCUT2D eigenvalue weighted by molar-refractivity contribution is -0.161. The molecule has 0 aliphatic carbocycles. The van der Waals surface area contributed by atoms with Crippen LogP contribution in [0.25, 0.3) is 10.6 Å². The van der Waals surface area contributed by atoms with Gasteiger partial charge in [0.15, 0.2) is 0 Å². The van der Waals surface area contributed by atoms with Crippen LogP contribution in [0.4, 0.5) is 0 Å². The van der Waals surface area contributed by atoms with Crippen LogP contribution in [0.1, 0.15) is 31.9 Å². The Labute approximate surface area is 141 Å². The van der Waals surface area contributed by atoms with Gasteiger partial charge in [0, 0.05) is 24.6 Å². The maximum absolute atomic E-state index is 12.7. The molecule has 3 rings (SSSR count). The lowest BCUT2D eigenvalue weighted by Gasteiger charge is -2.35. The molecule has 1 amide bonds. The number of carbonyl (C=O) groups is 1. The van der Waals surface area contributed by atoms with Crippen molar-refractivity contribution in [1.29, 1.82) is 0 Å². The van der Waals surface area contributed by atoms with E-state index in [0.717, 1.165) is 35.5 Å². The summed E-state index contributed by atoms with van der Waals surface area (Å²) in [6.45, 7) is 3.09. The van der Waals surface area contributed by atoms with Gasteiger partial charge in [-0.3, -0.25) is 4.79 Å². The number of nitrogens with zero attached hydrogens (tertiary/aromatic N) is 2. The number of hydrogen-bond donors (Lipinski definition) is 0. The SMILES string of the molecule is CN(Cc1csc(-c2ccccc2)n1)C(=O)C1(C)CCCCO1. The van der Waals surface area contributed by atoms with E-state index in [4.69, 9.17) is 4.74 Å². The van der Waals surface area contributed by atoms with Crippen molar-refractivity contribution >= 4 is 17.2 Å². The molecule has 1 saturated heterocycles. The molecular weight excluding hydrogens is 308 g/mol. The highest BCUT2D eigenvalue weighted by Gasteiger charge is 2.38. The van der Waals surface area contributed by atoms with Crippen molar-refractivity contribution < 1.29 is 9.53 Å². The monoisotopic (exact) mass is 330 g/mol. The van der Waals surface area contributed by atoms with Crippen LogP contribution in [-0.2, 0) is 16.1 Å². The number of amides is 1. The minimum atomic E-state index is -0.675. The third kappa shape index (κ3) is 3.62. The minimum absolute atomic E-state index is 0.0476. The third-order valence-corrected chi connectivity index (χ3v) is 5.18. The summed E-state index contributed by atoms with van der Waals surface area (Å²) in [5.41, 5.74) is 1.36. The summed E-state index contributed by atoms with van der Waals surface area (Å²) in [5.74, 6) is 0.0476. The molecule has 0 N–H and O–H groups in total. The van der Waals surface area contributed by atoms with Crippen molar-refractivity contribution in [2.75, 3.05) is 13.7 Å². The van der Waals surface area contributed by atoms with Crippen molar-refractivity contribution in [3.05, 3.63) is 41.4 Å². The van der Waals surface area contributed by atoms with E-state index in [2.05, 4.69) is 4.98 Å². The van der Waals surface area contributed by atoms with Gasteiger partial charge in [-0.2, -0.15) is 0 Å². The summed E-state index contributed by atoms with van der Waals surface area (Å²) in [4.78, 5) is 19.1. The number of thiazole rings is 1. The second kappa shape index (κ2) is 6.81. The minimum Gasteiger partial charge on any atom is -0.365 e. The standard InChI is InChI=1S/C18H22N2O2S/c1-18(10-6-7-11-22-18)17(21)20(2)12-15-13-23-16(19-15)14-8-4-3-5-9-14/h3-5,8-9,13H,6-7,10-12H2,1-2H3. The first-order chi connectivity index (χ1) is 11.1. The van der Waals surface area contributed by atoms with Gasteiger partial charge < -0.3 is 9.64 Å². The normalized spacial score (nSPS) is 21.1. The molecule has 122 valence electrons. The molecule has 1 aliphatic rings. The number of likely N-dealkylation sites (N-methyl/N-ethyl adjacent to an activating group) is 1. The molecule has 1 atom stereocenters. The van der Waals surface area contributed by atoms with Gasteiger partial charge in [0.1, 0.15) is 10.6 Å². The van der Waals surface area contributed by atoms with Crippen LogP contribution < -0.4 is 0 Å². The first-order valence-electron chi connectivity index (χ1n) is 7.98. The average Bonchev–Trinajstić information content (AvgIpc) is 3.04. The van der Waals surface area contributed by atoms with E-state index in [1.807, 2.05) is 49.7 Å². The number of aromatic nitrogens is 1. The quantitative estimate of drug-likeness (QED) is 0.858. The van der Waals surface area contributed by atoms with E-state index in [0.29, 0.717) is 13.2 Å². The Kier molecular flexibility index (Phi) is 4.78. The number of hydrogen-bond acceptors (Lipinski definition) is 4. The zero-order chi connectivity index (χ0) is 16.3. The number of ether oxygens (including phenoxy) is 1. The number of carbonyl (C=O) groups excluding carboxylic acids is 1. The van der Waals surface area contributed by atoms with Crippen molar-refractivity contribution in [2.24, 2.45) is 0 Å². The van der Waals surface area contributed by atoms with E-state index in [1.54, 1.807) is 16.2 Å². The van der Waals surface area contributed by atoms with Crippen LogP contribution in [0.5, 0.6) is 0 Å². The third-order valence-electron chi connectivity index (χ3n) is 4.24. The van der Waals surface area contributed by atoms with Gasteiger partial charge in [-0.25, -0.2) is 4.98 Å². The summed E-state index contributed by atoms with van der Waals surface area (Å²) in [7, 11) is 1.83. The number of rotatable bonds is 4. The van der Waals surface area contributed by atoms with Crippen LogP contribution in [0.15, 0.2) is 35.7 Å². The fraction of sp³-hybridized carbons (Fsp3) is 0.444. The molecule has 0 radical (unpaired) electrons. The summed E-state index contributed by atoms with van der Waals surface area (Å²) >= 11 is 1.61. The molecule has 1 fully saturated rings. The van der Waals surface area contributed by atoms with Crippen molar-refractivity contribution in [1.82, 2.24) is 9.88 Å². The Bertz CT molecular complexity index is 663. The van der Waals surface area contributed by atoms with E-state index >= 15 is 0 Å². The highest BCUT2D eigenvalue weighted by Crippen LogP contribution is 2.28. The molecule has 23 heavy (non-hydrogen) atoms. The second-order valence-electron chi connectivity index (χ2n) is 6.21. The molecule has 0 bridgehead atoms. The lowest BCUT2D eigenvalue weighted by Crippen LogP contribution is -2.48. The molecule has 4 nitrogen and oxygen atoms in total. The van der Waals surface area contributed by atoms with E-state index in [1.165, 1.54) is 0 Å². The van der Waals surface area contributed by atoms with Gasteiger partial charge in [0.05, 0.1) is 12.2 Å². The van der Waals surface area contributed by atoms with Crippen LogP contribution in [0.2, 0.25) is 0 Å². The Morgan fingerprint density at radius 1 is 1.35 bits per heavy atom. The van der Waals surface area contributed by atoms with Crippen LogP contribution in [0.3, 0.4) is 0 Å². The molecule has 1 aromatic heterocycles. The smallest absolute Gasteiger partial charge is 0.254 e. The van der Waals surface area contributed by atoms with Gasteiger partial charge in [-0.05, 0) is 26.2 Å². The highest BCUT2D eigenvalue weighted by molar-refractivity contribution is 7.13. The van der Waals surface area contributed by atoms with Crippen molar-refractivity contribution in [2.45, 2.75) is 38.3 Å². The predicted molar refractivity (Wildman–Crippen MR) is 92.2 cm³/mol. The van der Waals surface area contributed by atoms with Gasteiger partial charge in [0.25, 0.3) is 5.91 Å². The maximum Gasteiger partial charge on any atom is 0.254 e. The summed E-state index contributed by atoms with van der Waals surface area (Å²) in [6, 6.07) is 10.1. The Morgan fingerprint density at radius 3 is 2.83 bits per heavy atom. The largest absolute Gasteiger partial charge is 0.365 e. The van der Waals surface area contributed by atoms with E-state index in [9.17, 15) is 4.79 Å². The van der Waals surface area contributed by atoms with Crippen molar-refractivity contribution in [3.8, 4) is 10.6 Å². The zero-order valence-electron chi connectivity index (χ0n) is 13.6. The van der Waals surface area contributed by atoms with Crippen LogP contribution >= 0.6 is 11.3 Å². The molecule has 2 heterocycles. The fourth-order valence-corrected chi connectivity index (χ4v) is 3.73. The van der Waals surface area contributed by atoms with Crippen LogP contribution in [0, 0.1) is 0 Å². The predicted octanol–water partition coefficient (Wildman–Crippen LogP) is 3.73. The Hall–Kier alpha value is -1.72. The maximum atomic E-state index is 12.7. The molecular formula is C18H22N2O2S. The second-order valence-corrected chi connectivity index (χ2v) is 7.07. The zero-order valence-corrected chi connectivity index (χ0v) is 14.4. The number of benzene rings is 1. The molecule has 2 aromatic rings. The summed E-state index contributed by atoms with van der Waals surface area (Å²) in [6.07, 6.45) is 2.88. The summed E-state index contributed by atoms with van der Waals surface area (Å²) < 4.78 is 5.75. The molecule has 5 heteroatoms. The van der Waals surface area contributed by atoms with Crippen molar-refractivity contribution in [3.63, 3.8) is 0 Å². The van der Waals surface area contributed by atoms with E-state index in [-0.39, 0.29) is 5.91 Å². The van der Waals surface area contributed by atoms with Crippen LogP contribution in [-0.4, -0.2) is 35.0 Å². The fourth-order valence-electron chi connectivity index (χ4n) is 2.91. The molecule has 1 aromatic carbocycles. The molecule has 0 saturated carbocycles. The molecule has 1 unspecified atom stereocenters. The first-order valence-corrected chi connectivity index (χ1v) is 8.86. The molecule has 1 aliphatic heterocycles. The van der Waals surface area contributed by atoms with Gasteiger partial charge >= 0.3 is 0 Å². The topological polar surface area (TPSA) is 42.4 Å². The summed E-state index contributed by atoms with van der Waals surface area (Å²) in [5, 5.41) is 3.01. The Morgan fingerprint density at radius 2 is 2.13 bits per heavy atom. The highest BCUT2D eigenvalue weighted by atomic mass is 32.1. The Balaban J connectivity index is 1.67. The average molecular weight is 330 g/mol. The van der Waals surface area contributed by atoms with E-state index < -0.39 is 5.60 Å². The van der Waals surface area contributed by atoms with Gasteiger partial charge in [-0.15, -0.1) is 11.3 Å². The molecule has 0 spiro atoms.